The minimum Gasteiger partial charge on any atom is -0.370 e. The van der Waals surface area contributed by atoms with Crippen LogP contribution in [0.2, 0.25) is 0 Å². The summed E-state index contributed by atoms with van der Waals surface area (Å²) in [5, 5.41) is 0. The van der Waals surface area contributed by atoms with Crippen molar-refractivity contribution >= 4 is 24.0 Å². The highest BCUT2D eigenvalue weighted by Gasteiger charge is 1.94. The standard InChI is InChI=1S/C17H23N3O/c1-2-3-4-5-6-8-14-9-7-10-15(13-14)11-12-16(21)20-17(18)19/h6-13H,2-5H2,1H3,(H4,18,19,20,21)/b8-6?,12-11+. The van der Waals surface area contributed by atoms with Crippen LogP contribution >= 0.6 is 0 Å². The molecule has 0 atom stereocenters. The van der Waals surface area contributed by atoms with E-state index in [1.54, 1.807) is 6.08 Å². The number of unbranched alkanes of at least 4 members (excludes halogenated alkanes) is 3. The predicted molar refractivity (Wildman–Crippen MR) is 89.5 cm³/mol. The van der Waals surface area contributed by atoms with Crippen LogP contribution in [-0.2, 0) is 4.79 Å². The van der Waals surface area contributed by atoms with Crippen molar-refractivity contribution in [1.29, 1.82) is 0 Å². The van der Waals surface area contributed by atoms with Gasteiger partial charge in [0.15, 0.2) is 5.96 Å². The smallest absolute Gasteiger partial charge is 0.272 e. The van der Waals surface area contributed by atoms with Crippen LogP contribution in [0.1, 0.15) is 43.7 Å². The second kappa shape index (κ2) is 9.53. The molecule has 1 rings (SSSR count). The molecule has 1 amide bonds. The number of nitrogens with two attached hydrogens (primary N) is 2. The summed E-state index contributed by atoms with van der Waals surface area (Å²) < 4.78 is 0. The van der Waals surface area contributed by atoms with E-state index in [-0.39, 0.29) is 5.96 Å². The summed E-state index contributed by atoms with van der Waals surface area (Å²) in [5.41, 5.74) is 12.3. The Hall–Kier alpha value is -2.36. The van der Waals surface area contributed by atoms with Crippen LogP contribution < -0.4 is 11.5 Å². The topological polar surface area (TPSA) is 81.5 Å². The van der Waals surface area contributed by atoms with Gasteiger partial charge in [0.25, 0.3) is 5.91 Å². The first-order valence-electron chi connectivity index (χ1n) is 7.20. The maximum Gasteiger partial charge on any atom is 0.272 e. The van der Waals surface area contributed by atoms with E-state index in [1.165, 1.54) is 25.3 Å². The Morgan fingerprint density at radius 2 is 1.90 bits per heavy atom. The van der Waals surface area contributed by atoms with Gasteiger partial charge in [0.1, 0.15) is 0 Å². The number of allylic oxidation sites excluding steroid dienone is 1. The van der Waals surface area contributed by atoms with Crippen molar-refractivity contribution in [1.82, 2.24) is 0 Å². The van der Waals surface area contributed by atoms with E-state index < -0.39 is 5.91 Å². The van der Waals surface area contributed by atoms with Gasteiger partial charge < -0.3 is 11.5 Å². The normalized spacial score (nSPS) is 11.1. The molecule has 0 aliphatic rings. The average molecular weight is 285 g/mol. The van der Waals surface area contributed by atoms with Crippen LogP contribution in [-0.4, -0.2) is 11.9 Å². The van der Waals surface area contributed by atoms with Gasteiger partial charge in [0.05, 0.1) is 0 Å². The number of aliphatic imine (C=N–C) groups is 1. The summed E-state index contributed by atoms with van der Waals surface area (Å²) in [4.78, 5) is 14.8. The zero-order chi connectivity index (χ0) is 15.5. The maximum absolute atomic E-state index is 11.3. The van der Waals surface area contributed by atoms with Gasteiger partial charge >= 0.3 is 0 Å². The highest BCUT2D eigenvalue weighted by molar-refractivity contribution is 5.99. The summed E-state index contributed by atoms with van der Waals surface area (Å²) in [5.74, 6) is -0.691. The minimum absolute atomic E-state index is 0.228. The molecule has 0 fully saturated rings. The number of hydrogen-bond acceptors (Lipinski definition) is 1. The zero-order valence-electron chi connectivity index (χ0n) is 12.5. The molecule has 112 valence electrons. The molecule has 0 spiro atoms. The molecule has 0 saturated carbocycles. The predicted octanol–water partition coefficient (Wildman–Crippen LogP) is 3.09. The quantitative estimate of drug-likeness (QED) is 0.349. The van der Waals surface area contributed by atoms with Gasteiger partial charge in [-0.3, -0.25) is 4.79 Å². The lowest BCUT2D eigenvalue weighted by Gasteiger charge is -1.97. The number of nitrogens with zero attached hydrogens (tertiary/aromatic N) is 1. The van der Waals surface area contributed by atoms with Crippen molar-refractivity contribution in [3.63, 3.8) is 0 Å². The number of carbonyl (C=O) groups excluding carboxylic acids is 1. The van der Waals surface area contributed by atoms with Crippen molar-refractivity contribution in [3.8, 4) is 0 Å². The molecule has 4 N–H and O–H groups in total. The van der Waals surface area contributed by atoms with Gasteiger partial charge in [-0.2, -0.15) is 4.99 Å². The van der Waals surface area contributed by atoms with Crippen molar-refractivity contribution in [2.75, 3.05) is 0 Å². The Labute approximate surface area is 126 Å². The SMILES string of the molecule is CCCCCC=Cc1cccc(/C=C/C(=O)N=C(N)N)c1. The molecule has 0 bridgehead atoms. The van der Waals surface area contributed by atoms with E-state index in [0.29, 0.717) is 0 Å². The first-order chi connectivity index (χ1) is 10.1. The van der Waals surface area contributed by atoms with Gasteiger partial charge in [0, 0.05) is 6.08 Å². The van der Waals surface area contributed by atoms with E-state index in [4.69, 9.17) is 11.5 Å². The third kappa shape index (κ3) is 7.72. The van der Waals surface area contributed by atoms with E-state index in [1.807, 2.05) is 24.3 Å². The highest BCUT2D eigenvalue weighted by Crippen LogP contribution is 2.10. The molecule has 4 nitrogen and oxygen atoms in total. The molecule has 0 heterocycles. The molecule has 1 aromatic carbocycles. The lowest BCUT2D eigenvalue weighted by atomic mass is 10.1. The highest BCUT2D eigenvalue weighted by atomic mass is 16.1. The largest absolute Gasteiger partial charge is 0.370 e. The van der Waals surface area contributed by atoms with Crippen molar-refractivity contribution in [2.45, 2.75) is 32.6 Å². The minimum atomic E-state index is -0.462. The summed E-state index contributed by atoms with van der Waals surface area (Å²) >= 11 is 0. The fraction of sp³-hybridized carbons (Fsp3) is 0.294. The third-order valence-corrected chi connectivity index (χ3v) is 2.85. The lowest BCUT2D eigenvalue weighted by Crippen LogP contribution is -2.23. The fourth-order valence-electron chi connectivity index (χ4n) is 1.83. The Balaban J connectivity index is 2.62. The third-order valence-electron chi connectivity index (χ3n) is 2.85. The van der Waals surface area contributed by atoms with Crippen LogP contribution in [0.4, 0.5) is 0 Å². The molecule has 0 saturated heterocycles. The molecular weight excluding hydrogens is 262 g/mol. The van der Waals surface area contributed by atoms with Crippen molar-refractivity contribution in [3.05, 3.63) is 47.5 Å². The van der Waals surface area contributed by atoms with Gasteiger partial charge in [-0.25, -0.2) is 0 Å². The average Bonchev–Trinajstić information content (AvgIpc) is 2.45. The molecule has 0 radical (unpaired) electrons. The Bertz CT molecular complexity index is 541. The first kappa shape index (κ1) is 16.7. The van der Waals surface area contributed by atoms with E-state index >= 15 is 0 Å². The zero-order valence-corrected chi connectivity index (χ0v) is 12.5. The molecule has 0 aliphatic carbocycles. The molecule has 4 heteroatoms. The Morgan fingerprint density at radius 1 is 1.19 bits per heavy atom. The second-order valence-corrected chi connectivity index (χ2v) is 4.78. The lowest BCUT2D eigenvalue weighted by molar-refractivity contribution is -0.113. The number of benzene rings is 1. The number of hydrogen-bond donors (Lipinski definition) is 2. The van der Waals surface area contributed by atoms with Crippen LogP contribution in [0.5, 0.6) is 0 Å². The first-order valence-corrected chi connectivity index (χ1v) is 7.20. The summed E-state index contributed by atoms with van der Waals surface area (Å²) in [7, 11) is 0. The van der Waals surface area contributed by atoms with Crippen LogP contribution in [0, 0.1) is 0 Å². The van der Waals surface area contributed by atoms with Gasteiger partial charge in [-0.05, 0) is 36.1 Å². The van der Waals surface area contributed by atoms with Gasteiger partial charge in [0.2, 0.25) is 0 Å². The molecule has 21 heavy (non-hydrogen) atoms. The van der Waals surface area contributed by atoms with Crippen molar-refractivity contribution < 1.29 is 4.79 Å². The summed E-state index contributed by atoms with van der Waals surface area (Å²) in [6.45, 7) is 2.20. The fourth-order valence-corrected chi connectivity index (χ4v) is 1.83. The van der Waals surface area contributed by atoms with Crippen molar-refractivity contribution in [2.24, 2.45) is 16.5 Å². The Kier molecular flexibility index (Phi) is 7.58. The number of amides is 1. The van der Waals surface area contributed by atoms with Gasteiger partial charge in [-0.15, -0.1) is 0 Å². The van der Waals surface area contributed by atoms with Crippen LogP contribution in [0.25, 0.3) is 12.2 Å². The summed E-state index contributed by atoms with van der Waals surface area (Å²) in [6, 6.07) is 7.92. The molecule has 1 aromatic rings. The molecular formula is C17H23N3O. The summed E-state index contributed by atoms with van der Waals surface area (Å²) in [6.07, 6.45) is 12.1. The number of carbonyl (C=O) groups is 1. The van der Waals surface area contributed by atoms with Crippen LogP contribution in [0.15, 0.2) is 41.4 Å². The number of guanidine groups is 1. The monoisotopic (exact) mass is 285 g/mol. The molecule has 0 aliphatic heterocycles. The molecule has 0 aromatic heterocycles. The maximum atomic E-state index is 11.3. The number of rotatable bonds is 7. The van der Waals surface area contributed by atoms with E-state index in [0.717, 1.165) is 17.5 Å². The Morgan fingerprint density at radius 3 is 2.57 bits per heavy atom. The van der Waals surface area contributed by atoms with Gasteiger partial charge in [-0.1, -0.05) is 50.1 Å². The molecule has 0 unspecified atom stereocenters. The van der Waals surface area contributed by atoms with E-state index in [9.17, 15) is 4.79 Å². The second-order valence-electron chi connectivity index (χ2n) is 4.78. The van der Waals surface area contributed by atoms with Crippen LogP contribution in [0.3, 0.4) is 0 Å². The van der Waals surface area contributed by atoms with E-state index in [2.05, 4.69) is 24.1 Å².